The number of hydrogen-bond acceptors (Lipinski definition) is 3. The molecule has 0 radical (unpaired) electrons. The first kappa shape index (κ1) is 9.50. The van der Waals surface area contributed by atoms with Gasteiger partial charge >= 0.3 is 0 Å². The lowest BCUT2D eigenvalue weighted by Gasteiger charge is -2.11. The zero-order valence-corrected chi connectivity index (χ0v) is 8.02. The molecule has 12 heavy (non-hydrogen) atoms. The Labute approximate surface area is 77.1 Å². The molecule has 3 atom stereocenters. The maximum absolute atomic E-state index is 11.4. The average Bonchev–Trinajstić information content (AvgIpc) is 2.24. The Morgan fingerprint density at radius 2 is 2.17 bits per heavy atom. The SMILES string of the molecule is C#CC1OS(=O)(=S)N(C)C1C#C. The maximum Gasteiger partial charge on any atom is 0.214 e. The number of rotatable bonds is 0. The molecule has 0 aromatic carbocycles. The fraction of sp³-hybridized carbons (Fsp3) is 0.429. The van der Waals surface area contributed by atoms with E-state index in [9.17, 15) is 4.21 Å². The van der Waals surface area contributed by atoms with Crippen LogP contribution in [0.4, 0.5) is 0 Å². The van der Waals surface area contributed by atoms with Crippen LogP contribution < -0.4 is 0 Å². The van der Waals surface area contributed by atoms with Gasteiger partial charge in [-0.2, -0.15) is 4.31 Å². The number of terminal acetylenes is 2. The molecular formula is C7H7NO2S2. The molecule has 0 saturated carbocycles. The quantitative estimate of drug-likeness (QED) is 0.496. The Bertz CT molecular complexity index is 360. The van der Waals surface area contributed by atoms with Gasteiger partial charge in [0.05, 0.1) is 0 Å². The fourth-order valence-corrected chi connectivity index (χ4v) is 2.43. The molecule has 1 aliphatic heterocycles. The molecule has 0 N–H and O–H groups in total. The smallest absolute Gasteiger partial charge is 0.214 e. The van der Waals surface area contributed by atoms with E-state index in [4.69, 9.17) is 17.0 Å². The third kappa shape index (κ3) is 1.33. The summed E-state index contributed by atoms with van der Waals surface area (Å²) in [6.45, 7) is 0. The molecule has 0 spiro atoms. The van der Waals surface area contributed by atoms with Crippen LogP contribution in [0.3, 0.4) is 0 Å². The summed E-state index contributed by atoms with van der Waals surface area (Å²) in [4.78, 5) is 0. The molecule has 1 saturated heterocycles. The Kier molecular flexibility index (Phi) is 2.41. The maximum atomic E-state index is 11.4. The molecule has 0 bridgehead atoms. The van der Waals surface area contributed by atoms with Crippen molar-refractivity contribution in [3.63, 3.8) is 0 Å². The Morgan fingerprint density at radius 3 is 2.50 bits per heavy atom. The van der Waals surface area contributed by atoms with Gasteiger partial charge in [-0.05, 0) is 0 Å². The molecular weight excluding hydrogens is 194 g/mol. The Hall–Kier alpha value is -0.590. The summed E-state index contributed by atoms with van der Waals surface area (Å²) in [7, 11) is -1.33. The van der Waals surface area contributed by atoms with Crippen molar-refractivity contribution in [3.05, 3.63) is 0 Å². The molecule has 64 valence electrons. The van der Waals surface area contributed by atoms with Crippen molar-refractivity contribution in [1.82, 2.24) is 4.31 Å². The van der Waals surface area contributed by atoms with E-state index in [0.717, 1.165) is 0 Å². The number of hydrogen-bond donors (Lipinski definition) is 0. The standard InChI is InChI=1S/C7H7NO2S2/c1-4-6-7(5-2)10-12(9,11)8(6)3/h1-2,6-7H,3H3. The van der Waals surface area contributed by atoms with Crippen LogP contribution >= 0.6 is 0 Å². The van der Waals surface area contributed by atoms with Crippen LogP contribution in [0.25, 0.3) is 0 Å². The predicted octanol–water partition coefficient (Wildman–Crippen LogP) is -0.472. The first-order chi connectivity index (χ1) is 5.53. The molecule has 0 aromatic rings. The average molecular weight is 201 g/mol. The zero-order valence-electron chi connectivity index (χ0n) is 6.39. The highest BCUT2D eigenvalue weighted by Crippen LogP contribution is 2.22. The van der Waals surface area contributed by atoms with E-state index in [2.05, 4.69) is 23.0 Å². The van der Waals surface area contributed by atoms with Gasteiger partial charge in [0.25, 0.3) is 0 Å². The minimum Gasteiger partial charge on any atom is -0.259 e. The van der Waals surface area contributed by atoms with Gasteiger partial charge in [0.2, 0.25) is 8.96 Å². The highest BCUT2D eigenvalue weighted by molar-refractivity contribution is 8.29. The first-order valence-corrected chi connectivity index (χ1v) is 5.48. The van der Waals surface area contributed by atoms with Crippen molar-refractivity contribution in [2.45, 2.75) is 12.1 Å². The van der Waals surface area contributed by atoms with Crippen molar-refractivity contribution >= 4 is 20.1 Å². The summed E-state index contributed by atoms with van der Waals surface area (Å²) in [5.74, 6) is 4.68. The predicted molar refractivity (Wildman–Crippen MR) is 49.6 cm³/mol. The van der Waals surface area contributed by atoms with Crippen LogP contribution in [-0.2, 0) is 24.3 Å². The van der Waals surface area contributed by atoms with Crippen molar-refractivity contribution in [2.75, 3.05) is 7.05 Å². The molecule has 3 unspecified atom stereocenters. The molecule has 0 amide bonds. The second kappa shape index (κ2) is 3.04. The fourth-order valence-electron chi connectivity index (χ4n) is 0.893. The normalized spacial score (nSPS) is 41.9. The largest absolute Gasteiger partial charge is 0.259 e. The molecule has 5 heteroatoms. The van der Waals surface area contributed by atoms with Gasteiger partial charge in [-0.15, -0.1) is 12.8 Å². The van der Waals surface area contributed by atoms with Crippen molar-refractivity contribution in [1.29, 1.82) is 0 Å². The van der Waals surface area contributed by atoms with Crippen LogP contribution in [0.5, 0.6) is 0 Å². The minimum atomic E-state index is -2.87. The van der Waals surface area contributed by atoms with E-state index >= 15 is 0 Å². The number of likely N-dealkylation sites (N-methyl/N-ethyl adjacent to an activating group) is 1. The van der Waals surface area contributed by atoms with Crippen LogP contribution in [0.15, 0.2) is 0 Å². The topological polar surface area (TPSA) is 29.5 Å². The molecule has 0 aromatic heterocycles. The molecule has 1 aliphatic rings. The molecule has 1 rings (SSSR count). The molecule has 3 nitrogen and oxygen atoms in total. The highest BCUT2D eigenvalue weighted by Gasteiger charge is 2.39. The van der Waals surface area contributed by atoms with Gasteiger partial charge in [-0.25, -0.2) is 4.21 Å². The van der Waals surface area contributed by atoms with Crippen LogP contribution in [-0.4, -0.2) is 27.7 Å². The Balaban J connectivity index is 3.07. The van der Waals surface area contributed by atoms with Gasteiger partial charge in [-0.1, -0.05) is 11.8 Å². The summed E-state index contributed by atoms with van der Waals surface area (Å²) >= 11 is 4.66. The van der Waals surface area contributed by atoms with Crippen molar-refractivity contribution in [2.24, 2.45) is 0 Å². The van der Waals surface area contributed by atoms with Crippen molar-refractivity contribution < 1.29 is 8.39 Å². The third-order valence-corrected chi connectivity index (χ3v) is 3.92. The number of nitrogens with zero attached hydrogens (tertiary/aromatic N) is 1. The Morgan fingerprint density at radius 1 is 1.58 bits per heavy atom. The molecule has 1 heterocycles. The monoisotopic (exact) mass is 201 g/mol. The van der Waals surface area contributed by atoms with Crippen LogP contribution in [0.1, 0.15) is 0 Å². The van der Waals surface area contributed by atoms with Gasteiger partial charge in [0.15, 0.2) is 6.10 Å². The lowest BCUT2D eigenvalue weighted by atomic mass is 10.2. The third-order valence-electron chi connectivity index (χ3n) is 1.59. The van der Waals surface area contributed by atoms with E-state index in [0.29, 0.717) is 0 Å². The summed E-state index contributed by atoms with van der Waals surface area (Å²) in [5.41, 5.74) is 0. The minimum absolute atomic E-state index is 0.486. The van der Waals surface area contributed by atoms with Gasteiger partial charge in [-0.3, -0.25) is 4.18 Å². The second-order valence-electron chi connectivity index (χ2n) is 2.27. The summed E-state index contributed by atoms with van der Waals surface area (Å²) in [5, 5.41) is 0. The molecule has 0 aliphatic carbocycles. The van der Waals surface area contributed by atoms with Gasteiger partial charge in [0, 0.05) is 18.2 Å². The van der Waals surface area contributed by atoms with E-state index in [1.807, 2.05) is 0 Å². The van der Waals surface area contributed by atoms with Crippen LogP contribution in [0, 0.1) is 24.7 Å². The second-order valence-corrected chi connectivity index (χ2v) is 5.16. The van der Waals surface area contributed by atoms with Gasteiger partial charge in [0.1, 0.15) is 6.04 Å². The lowest BCUT2D eigenvalue weighted by Crippen LogP contribution is -2.31. The zero-order chi connectivity index (χ0) is 9.35. The summed E-state index contributed by atoms with van der Waals surface area (Å²) < 4.78 is 17.6. The van der Waals surface area contributed by atoms with E-state index in [1.54, 1.807) is 0 Å². The van der Waals surface area contributed by atoms with E-state index in [1.165, 1.54) is 11.4 Å². The van der Waals surface area contributed by atoms with E-state index in [-0.39, 0.29) is 0 Å². The lowest BCUT2D eigenvalue weighted by molar-refractivity contribution is 0.295. The first-order valence-electron chi connectivity index (χ1n) is 3.11. The van der Waals surface area contributed by atoms with E-state index < -0.39 is 21.1 Å². The highest BCUT2D eigenvalue weighted by atomic mass is 32.8. The summed E-state index contributed by atoms with van der Waals surface area (Å²) in [6, 6.07) is -0.486. The van der Waals surface area contributed by atoms with Crippen LogP contribution in [0.2, 0.25) is 0 Å². The molecule has 1 fully saturated rings. The van der Waals surface area contributed by atoms with Crippen molar-refractivity contribution in [3.8, 4) is 24.7 Å². The van der Waals surface area contributed by atoms with Gasteiger partial charge < -0.3 is 0 Å². The summed E-state index contributed by atoms with van der Waals surface area (Å²) in [6.07, 6.45) is 9.62.